The molecule has 3 heterocycles. The van der Waals surface area contributed by atoms with Crippen LogP contribution in [-0.2, 0) is 4.84 Å². The number of thiophene rings is 1. The van der Waals surface area contributed by atoms with E-state index < -0.39 is 0 Å². The number of nitrogens with one attached hydrogen (secondary N) is 3. The normalized spacial score (nSPS) is 15.6. The molecule has 8 heteroatoms. The standard InChI is InChI=1S/C20H17ClN4O2S/c21-19-6-5-18(28-19)20(26)23-12-16-11-17(25-27-16)13-1-3-14(4-2-13)24-15-7-9-22-10-8-15/h1-11,16,25H,12H2,(H,22,24)(H,23,26). The molecule has 0 aliphatic carbocycles. The lowest BCUT2D eigenvalue weighted by molar-refractivity contribution is 0.0499. The number of carbonyl (C=O) groups excluding carboxylic acids is 1. The van der Waals surface area contributed by atoms with Crippen LogP contribution in [0.3, 0.4) is 0 Å². The fraction of sp³-hybridized carbons (Fsp3) is 0.100. The molecule has 3 aromatic rings. The molecular weight excluding hydrogens is 396 g/mol. The maximum Gasteiger partial charge on any atom is 0.261 e. The summed E-state index contributed by atoms with van der Waals surface area (Å²) in [6.07, 6.45) is 5.19. The van der Waals surface area contributed by atoms with Gasteiger partial charge in [-0.2, -0.15) is 0 Å². The van der Waals surface area contributed by atoms with Crippen molar-refractivity contribution in [2.75, 3.05) is 11.9 Å². The van der Waals surface area contributed by atoms with Gasteiger partial charge in [-0.25, -0.2) is 0 Å². The van der Waals surface area contributed by atoms with E-state index in [9.17, 15) is 4.79 Å². The Kier molecular flexibility index (Phi) is 5.57. The van der Waals surface area contributed by atoms with Gasteiger partial charge in [0.05, 0.1) is 21.5 Å². The van der Waals surface area contributed by atoms with Crippen LogP contribution in [0.4, 0.5) is 11.4 Å². The van der Waals surface area contributed by atoms with Crippen molar-refractivity contribution in [3.63, 3.8) is 0 Å². The van der Waals surface area contributed by atoms with Crippen molar-refractivity contribution >= 4 is 45.9 Å². The van der Waals surface area contributed by atoms with E-state index in [1.165, 1.54) is 11.3 Å². The summed E-state index contributed by atoms with van der Waals surface area (Å²) >= 11 is 7.11. The number of pyridine rings is 1. The highest BCUT2D eigenvalue weighted by Crippen LogP contribution is 2.23. The fourth-order valence-electron chi connectivity index (χ4n) is 2.70. The highest BCUT2D eigenvalue weighted by atomic mass is 35.5. The van der Waals surface area contributed by atoms with Crippen molar-refractivity contribution in [1.29, 1.82) is 0 Å². The summed E-state index contributed by atoms with van der Waals surface area (Å²) in [7, 11) is 0. The molecule has 4 rings (SSSR count). The Labute approximate surface area is 171 Å². The lowest BCUT2D eigenvalue weighted by Gasteiger charge is -2.09. The SMILES string of the molecule is O=C(NCC1C=C(c2ccc(Nc3ccncc3)cc2)NO1)c1ccc(Cl)s1. The Hall–Kier alpha value is -2.87. The van der Waals surface area contributed by atoms with Gasteiger partial charge < -0.3 is 10.6 Å². The first kappa shape index (κ1) is 18.5. The van der Waals surface area contributed by atoms with Crippen molar-refractivity contribution in [2.45, 2.75) is 6.10 Å². The molecule has 0 radical (unpaired) electrons. The number of benzene rings is 1. The van der Waals surface area contributed by atoms with E-state index in [2.05, 4.69) is 21.1 Å². The van der Waals surface area contributed by atoms with Gasteiger partial charge in [0.2, 0.25) is 0 Å². The number of hydroxylamine groups is 1. The van der Waals surface area contributed by atoms with E-state index >= 15 is 0 Å². The second-order valence-corrected chi connectivity index (χ2v) is 7.81. The molecule has 1 aliphatic rings. The second-order valence-electron chi connectivity index (χ2n) is 6.09. The van der Waals surface area contributed by atoms with E-state index in [1.54, 1.807) is 24.5 Å². The Bertz CT molecular complexity index is 989. The molecule has 0 fully saturated rings. The van der Waals surface area contributed by atoms with Crippen LogP contribution < -0.4 is 16.1 Å². The Morgan fingerprint density at radius 1 is 1.11 bits per heavy atom. The van der Waals surface area contributed by atoms with E-state index in [4.69, 9.17) is 16.4 Å². The molecule has 142 valence electrons. The van der Waals surface area contributed by atoms with Gasteiger partial charge in [0.1, 0.15) is 6.10 Å². The first-order chi connectivity index (χ1) is 13.7. The third kappa shape index (κ3) is 4.51. The smallest absolute Gasteiger partial charge is 0.261 e. The van der Waals surface area contributed by atoms with Crippen LogP contribution in [0.5, 0.6) is 0 Å². The zero-order valence-electron chi connectivity index (χ0n) is 14.7. The van der Waals surface area contributed by atoms with Crippen LogP contribution in [0.25, 0.3) is 5.70 Å². The molecule has 6 nitrogen and oxygen atoms in total. The van der Waals surface area contributed by atoms with Gasteiger partial charge in [0, 0.05) is 23.8 Å². The minimum atomic E-state index is -0.246. The monoisotopic (exact) mass is 412 g/mol. The van der Waals surface area contributed by atoms with Gasteiger partial charge in [0.25, 0.3) is 5.91 Å². The van der Waals surface area contributed by atoms with E-state index in [-0.39, 0.29) is 12.0 Å². The van der Waals surface area contributed by atoms with Crippen molar-refractivity contribution in [1.82, 2.24) is 15.8 Å². The zero-order chi connectivity index (χ0) is 19.3. The van der Waals surface area contributed by atoms with Crippen LogP contribution in [0.1, 0.15) is 15.2 Å². The molecule has 0 bridgehead atoms. The number of anilines is 2. The first-order valence-electron chi connectivity index (χ1n) is 8.62. The van der Waals surface area contributed by atoms with E-state index in [0.717, 1.165) is 22.6 Å². The highest BCUT2D eigenvalue weighted by molar-refractivity contribution is 7.17. The molecule has 1 unspecified atom stereocenters. The van der Waals surface area contributed by atoms with Gasteiger partial charge >= 0.3 is 0 Å². The van der Waals surface area contributed by atoms with Crippen molar-refractivity contribution in [3.05, 3.63) is 81.8 Å². The molecule has 0 saturated heterocycles. The van der Waals surface area contributed by atoms with Crippen LogP contribution in [0.2, 0.25) is 4.34 Å². The number of nitrogens with zero attached hydrogens (tertiary/aromatic N) is 1. The molecular formula is C20H17ClN4O2S. The number of hydrogen-bond acceptors (Lipinski definition) is 6. The van der Waals surface area contributed by atoms with Gasteiger partial charge in [0.15, 0.2) is 0 Å². The molecule has 0 spiro atoms. The summed E-state index contributed by atoms with van der Waals surface area (Å²) in [5, 5.41) is 6.16. The summed E-state index contributed by atoms with van der Waals surface area (Å²) in [5.41, 5.74) is 6.75. The minimum Gasteiger partial charge on any atom is -0.355 e. The second kappa shape index (κ2) is 8.43. The first-order valence-corrected chi connectivity index (χ1v) is 9.81. The topological polar surface area (TPSA) is 75.3 Å². The van der Waals surface area contributed by atoms with E-state index in [0.29, 0.717) is 15.8 Å². The average Bonchev–Trinajstić information content (AvgIpc) is 3.37. The highest BCUT2D eigenvalue weighted by Gasteiger charge is 2.19. The van der Waals surface area contributed by atoms with Crippen LogP contribution >= 0.6 is 22.9 Å². The zero-order valence-corrected chi connectivity index (χ0v) is 16.3. The lowest BCUT2D eigenvalue weighted by Crippen LogP contribution is -2.31. The molecule has 1 aromatic carbocycles. The molecule has 1 atom stereocenters. The fourth-order valence-corrected chi connectivity index (χ4v) is 3.66. The molecule has 0 saturated carbocycles. The van der Waals surface area contributed by atoms with Gasteiger partial charge in [-0.3, -0.25) is 20.1 Å². The number of rotatable bonds is 6. The molecule has 2 aromatic heterocycles. The minimum absolute atomic E-state index is 0.158. The average molecular weight is 413 g/mol. The van der Waals surface area contributed by atoms with E-state index in [1.807, 2.05) is 42.5 Å². The Morgan fingerprint density at radius 3 is 2.57 bits per heavy atom. The number of hydrogen-bond donors (Lipinski definition) is 3. The summed E-state index contributed by atoms with van der Waals surface area (Å²) in [6, 6.07) is 15.2. The molecule has 28 heavy (non-hydrogen) atoms. The summed E-state index contributed by atoms with van der Waals surface area (Å²) < 4.78 is 0.591. The third-order valence-electron chi connectivity index (χ3n) is 4.10. The predicted octanol–water partition coefficient (Wildman–Crippen LogP) is 4.21. The number of amides is 1. The quantitative estimate of drug-likeness (QED) is 0.565. The number of aromatic nitrogens is 1. The maximum absolute atomic E-state index is 12.1. The summed E-state index contributed by atoms with van der Waals surface area (Å²) in [4.78, 5) is 22.2. The Morgan fingerprint density at radius 2 is 1.86 bits per heavy atom. The summed E-state index contributed by atoms with van der Waals surface area (Å²) in [6.45, 7) is 0.368. The van der Waals surface area contributed by atoms with Crippen LogP contribution in [0.15, 0.2) is 67.0 Å². The van der Waals surface area contributed by atoms with Crippen molar-refractivity contribution in [2.24, 2.45) is 0 Å². The predicted molar refractivity (Wildman–Crippen MR) is 112 cm³/mol. The van der Waals surface area contributed by atoms with Gasteiger partial charge in [-0.1, -0.05) is 23.7 Å². The van der Waals surface area contributed by atoms with Gasteiger partial charge in [-0.05, 0) is 48.0 Å². The number of halogens is 1. The summed E-state index contributed by atoms with van der Waals surface area (Å²) in [5.74, 6) is -0.158. The van der Waals surface area contributed by atoms with Crippen molar-refractivity contribution < 1.29 is 9.63 Å². The largest absolute Gasteiger partial charge is 0.355 e. The molecule has 1 aliphatic heterocycles. The Balaban J connectivity index is 1.34. The number of carbonyl (C=O) groups is 1. The lowest BCUT2D eigenvalue weighted by atomic mass is 10.1. The van der Waals surface area contributed by atoms with Gasteiger partial charge in [-0.15, -0.1) is 11.3 Å². The maximum atomic E-state index is 12.1. The molecule has 1 amide bonds. The van der Waals surface area contributed by atoms with Crippen LogP contribution in [-0.4, -0.2) is 23.5 Å². The third-order valence-corrected chi connectivity index (χ3v) is 5.33. The van der Waals surface area contributed by atoms with Crippen molar-refractivity contribution in [3.8, 4) is 0 Å². The molecule has 3 N–H and O–H groups in total. The van der Waals surface area contributed by atoms with Crippen LogP contribution in [0, 0.1) is 0 Å².